The largest absolute Gasteiger partial charge is 2.00 e. The summed E-state index contributed by atoms with van der Waals surface area (Å²) in [6.07, 6.45) is 108. The average Bonchev–Trinajstić information content (AvgIpc) is 3.54. The quantitative estimate of drug-likeness (QED) is 0.0193. The fourth-order valence-corrected chi connectivity index (χ4v) is 14.7. The number of hydrogen-bond donors (Lipinski definition) is 0. The molecule has 0 aliphatic heterocycles. The molecule has 0 aliphatic rings. The van der Waals surface area contributed by atoms with Crippen molar-refractivity contribution < 1.29 is 34.3 Å². The second kappa shape index (κ2) is 87.1. The van der Waals surface area contributed by atoms with Crippen molar-refractivity contribution >= 4 is 58.5 Å². The topological polar surface area (TPSA) is 133 Å². The summed E-state index contributed by atoms with van der Waals surface area (Å²) < 4.78 is 75.4. The molecule has 0 bridgehead atoms. The van der Waals surface area contributed by atoms with E-state index in [1.807, 2.05) is 0 Å². The van der Waals surface area contributed by atoms with Gasteiger partial charge in [-0.05, 0) is 38.5 Å². The summed E-state index contributed by atoms with van der Waals surface area (Å²) in [5, 5.41) is 0. The summed E-state index contributed by atoms with van der Waals surface area (Å²) in [6.45, 7) is 9.11. The molecule has 0 spiro atoms. The van der Waals surface area contributed by atoms with E-state index >= 15 is 0 Å². The molecule has 0 aromatic carbocycles. The van der Waals surface area contributed by atoms with Gasteiger partial charge in [-0.25, -0.2) is 16.8 Å². The Balaban J connectivity index is -0.00000180. The number of hydrogen-bond acceptors (Lipinski definition) is 8. The SMILES string of the molecule is CCCCCCCCCCCCCCCCCCCC/C=C/C(CCCCCCCCCCCCCCCCCCC)COS(=O)(=O)[O-].CCCCCCCCCCCCCCCCCCCC/C=C/C(CCCCCCCCCCCCCCCCCCC)COS(=O)(=O)[O-].[Ca+2]. The van der Waals surface area contributed by atoms with Crippen LogP contribution in [0.3, 0.4) is 0 Å². The van der Waals surface area contributed by atoms with Crippen LogP contribution in [0, 0.1) is 11.8 Å². The van der Waals surface area contributed by atoms with Crippen LogP contribution in [-0.2, 0) is 29.2 Å². The summed E-state index contributed by atoms with van der Waals surface area (Å²) >= 11 is 0. The first kappa shape index (κ1) is 102. The smallest absolute Gasteiger partial charge is 0.726 e. The second-order valence-corrected chi connectivity index (χ2v) is 32.4. The van der Waals surface area contributed by atoms with Crippen LogP contribution in [0.1, 0.15) is 503 Å². The number of allylic oxidation sites excluding steroid dienone is 2. The third-order valence-corrected chi connectivity index (χ3v) is 21.3. The van der Waals surface area contributed by atoms with Gasteiger partial charge in [-0.15, -0.1) is 0 Å². The molecule has 0 fully saturated rings. The van der Waals surface area contributed by atoms with E-state index in [9.17, 15) is 25.9 Å². The van der Waals surface area contributed by atoms with E-state index in [4.69, 9.17) is 0 Å². The summed E-state index contributed by atoms with van der Waals surface area (Å²) in [5.41, 5.74) is 0. The van der Waals surface area contributed by atoms with Gasteiger partial charge in [-0.2, -0.15) is 0 Å². The molecule has 97 heavy (non-hydrogen) atoms. The van der Waals surface area contributed by atoms with Crippen LogP contribution >= 0.6 is 0 Å². The standard InChI is InChI=1S/2C43H86O4S.Ca/c2*1-3-5-7-9-11-13-15-17-19-21-22-23-25-27-29-31-33-35-37-39-41-43(42-47-48(44,45)46)40-38-36-34-32-30-28-26-24-20-18-16-14-12-10-8-6-4-2;/h2*39,41,43H,3-38,40,42H2,1-2H3,(H,44,45,46);/q;;+2/p-2/b2*41-39+;. The van der Waals surface area contributed by atoms with E-state index in [1.165, 1.54) is 437 Å². The zero-order valence-electron chi connectivity index (χ0n) is 66.0. The van der Waals surface area contributed by atoms with Gasteiger partial charge < -0.3 is 9.11 Å². The molecule has 0 saturated heterocycles. The Kier molecular flexibility index (Phi) is 91.3. The average molecular weight is 1440 g/mol. The van der Waals surface area contributed by atoms with Gasteiger partial charge in [0.05, 0.1) is 13.2 Å². The van der Waals surface area contributed by atoms with Crippen molar-refractivity contribution in [1.82, 2.24) is 0 Å². The molecule has 0 heterocycles. The first-order valence-corrected chi connectivity index (χ1v) is 46.2. The molecular weight excluding hydrogens is 1270 g/mol. The maximum absolute atomic E-state index is 11.0. The molecule has 0 aliphatic carbocycles. The second-order valence-electron chi connectivity index (χ2n) is 30.3. The maximum atomic E-state index is 11.0. The van der Waals surface area contributed by atoms with Crippen molar-refractivity contribution in [1.29, 1.82) is 0 Å². The molecule has 8 nitrogen and oxygen atoms in total. The van der Waals surface area contributed by atoms with Gasteiger partial charge in [-0.1, -0.05) is 489 Å². The fraction of sp³-hybridized carbons (Fsp3) is 0.953. The van der Waals surface area contributed by atoms with Crippen LogP contribution < -0.4 is 0 Å². The Labute approximate surface area is 639 Å². The van der Waals surface area contributed by atoms with Gasteiger partial charge in [0, 0.05) is 11.8 Å². The van der Waals surface area contributed by atoms with E-state index in [2.05, 4.69) is 60.4 Å². The van der Waals surface area contributed by atoms with Gasteiger partial charge in [0.2, 0.25) is 20.8 Å². The maximum Gasteiger partial charge on any atom is 2.00 e. The molecule has 0 N–H and O–H groups in total. The van der Waals surface area contributed by atoms with Crippen LogP contribution in [0.15, 0.2) is 24.3 Å². The molecule has 0 saturated carbocycles. The Bertz CT molecular complexity index is 1600. The third-order valence-electron chi connectivity index (χ3n) is 20.5. The number of rotatable bonds is 82. The first-order chi connectivity index (χ1) is 47.0. The molecule has 576 valence electrons. The van der Waals surface area contributed by atoms with E-state index in [-0.39, 0.29) is 62.8 Å². The zero-order chi connectivity index (χ0) is 70.1. The van der Waals surface area contributed by atoms with Gasteiger partial charge in [-0.3, -0.25) is 8.37 Å². The van der Waals surface area contributed by atoms with Crippen LogP contribution in [-0.4, -0.2) is 76.9 Å². The van der Waals surface area contributed by atoms with Crippen molar-refractivity contribution in [3.8, 4) is 0 Å². The van der Waals surface area contributed by atoms with Gasteiger partial charge in [0.15, 0.2) is 0 Å². The molecule has 2 atom stereocenters. The summed E-state index contributed by atoms with van der Waals surface area (Å²) in [6, 6.07) is 0. The normalized spacial score (nSPS) is 12.7. The minimum Gasteiger partial charge on any atom is -0.726 e. The molecular formula is C86H170CaO8S2. The summed E-state index contributed by atoms with van der Waals surface area (Å²) in [7, 11) is -9.26. The van der Waals surface area contributed by atoms with Crippen molar-refractivity contribution in [2.45, 2.75) is 503 Å². The first-order valence-electron chi connectivity index (χ1n) is 43.5. The van der Waals surface area contributed by atoms with Gasteiger partial charge >= 0.3 is 37.7 Å². The van der Waals surface area contributed by atoms with E-state index in [1.54, 1.807) is 0 Å². The summed E-state index contributed by atoms with van der Waals surface area (Å²) in [5.74, 6) is 0.0289. The van der Waals surface area contributed by atoms with E-state index in [0.717, 1.165) is 38.5 Å². The fourth-order valence-electron chi connectivity index (χ4n) is 14.0. The third kappa shape index (κ3) is 96.5. The van der Waals surface area contributed by atoms with Gasteiger partial charge in [0.1, 0.15) is 0 Å². The van der Waals surface area contributed by atoms with Crippen LogP contribution in [0.25, 0.3) is 0 Å². The monoisotopic (exact) mass is 1440 g/mol. The van der Waals surface area contributed by atoms with Crippen molar-refractivity contribution in [2.75, 3.05) is 13.2 Å². The van der Waals surface area contributed by atoms with E-state index in [0.29, 0.717) is 0 Å². The molecule has 0 aromatic heterocycles. The Morgan fingerprint density at radius 2 is 0.361 bits per heavy atom. The Morgan fingerprint density at radius 1 is 0.227 bits per heavy atom. The van der Waals surface area contributed by atoms with Crippen LogP contribution in [0.2, 0.25) is 0 Å². The van der Waals surface area contributed by atoms with Crippen molar-refractivity contribution in [2.24, 2.45) is 11.8 Å². The van der Waals surface area contributed by atoms with Crippen LogP contribution in [0.5, 0.6) is 0 Å². The molecule has 0 rings (SSSR count). The minimum atomic E-state index is -4.63. The molecule has 2 unspecified atom stereocenters. The number of unbranched alkanes of at least 4 members (excludes halogenated alkanes) is 68. The Morgan fingerprint density at radius 3 is 0.505 bits per heavy atom. The minimum absolute atomic E-state index is 0. The van der Waals surface area contributed by atoms with Crippen molar-refractivity contribution in [3.63, 3.8) is 0 Å². The van der Waals surface area contributed by atoms with E-state index < -0.39 is 20.8 Å². The summed E-state index contributed by atoms with van der Waals surface area (Å²) in [4.78, 5) is 0. The van der Waals surface area contributed by atoms with Crippen molar-refractivity contribution in [3.05, 3.63) is 24.3 Å². The predicted octanol–water partition coefficient (Wildman–Crippen LogP) is 29.8. The van der Waals surface area contributed by atoms with Gasteiger partial charge in [0.25, 0.3) is 0 Å². The predicted molar refractivity (Wildman–Crippen MR) is 427 cm³/mol. The molecule has 0 radical (unpaired) electrons. The zero-order valence-corrected chi connectivity index (χ0v) is 69.8. The molecule has 11 heteroatoms. The van der Waals surface area contributed by atoms with Crippen LogP contribution in [0.4, 0.5) is 0 Å². The molecule has 0 aromatic rings. The Hall–Kier alpha value is 0.480. The molecule has 0 amide bonds.